The number of amides is 1. The van der Waals surface area contributed by atoms with E-state index in [0.29, 0.717) is 16.6 Å². The first kappa shape index (κ1) is 19.0. The SMILES string of the molecule is COC(=O)COc1ccc(OCC(=O)Nc2ccc(Cl)cn2)c(C#N)c1. The fraction of sp³-hybridized carbons (Fsp3) is 0.176. The van der Waals surface area contributed by atoms with Gasteiger partial charge in [-0.3, -0.25) is 4.79 Å². The Kier molecular flexibility index (Phi) is 6.76. The number of carbonyl (C=O) groups excluding carboxylic acids is 2. The maximum atomic E-state index is 11.9. The van der Waals surface area contributed by atoms with E-state index in [2.05, 4.69) is 15.0 Å². The molecule has 134 valence electrons. The van der Waals surface area contributed by atoms with Gasteiger partial charge in [0.1, 0.15) is 23.4 Å². The van der Waals surface area contributed by atoms with Crippen molar-refractivity contribution >= 4 is 29.3 Å². The van der Waals surface area contributed by atoms with Gasteiger partial charge in [0.05, 0.1) is 17.7 Å². The summed E-state index contributed by atoms with van der Waals surface area (Å²) in [5.41, 5.74) is 0.157. The summed E-state index contributed by atoms with van der Waals surface area (Å²) in [7, 11) is 1.24. The maximum absolute atomic E-state index is 11.9. The number of carbonyl (C=O) groups is 2. The second-order valence-corrected chi connectivity index (χ2v) is 5.27. The molecular weight excluding hydrogens is 362 g/mol. The van der Waals surface area contributed by atoms with Gasteiger partial charge in [0.15, 0.2) is 13.2 Å². The first-order valence-corrected chi connectivity index (χ1v) is 7.67. The number of hydrogen-bond donors (Lipinski definition) is 1. The Bertz CT molecular complexity index is 833. The average molecular weight is 376 g/mol. The van der Waals surface area contributed by atoms with Crippen LogP contribution < -0.4 is 14.8 Å². The normalized spacial score (nSPS) is 9.73. The molecule has 0 saturated carbocycles. The third-order valence-electron chi connectivity index (χ3n) is 3.01. The van der Waals surface area contributed by atoms with Gasteiger partial charge in [0.25, 0.3) is 5.91 Å². The van der Waals surface area contributed by atoms with E-state index < -0.39 is 11.9 Å². The third-order valence-corrected chi connectivity index (χ3v) is 3.23. The number of pyridine rings is 1. The standard InChI is InChI=1S/C17H14ClN3O5/c1-24-17(23)10-25-13-3-4-14(11(6-13)7-19)26-9-16(22)21-15-5-2-12(18)8-20-15/h2-6,8H,9-10H2,1H3,(H,20,21,22). The molecule has 0 spiro atoms. The lowest BCUT2D eigenvalue weighted by Gasteiger charge is -2.10. The van der Waals surface area contributed by atoms with Crippen molar-refractivity contribution in [2.24, 2.45) is 0 Å². The van der Waals surface area contributed by atoms with Crippen molar-refractivity contribution in [1.82, 2.24) is 4.98 Å². The predicted molar refractivity (Wildman–Crippen MR) is 92.0 cm³/mol. The summed E-state index contributed by atoms with van der Waals surface area (Å²) in [6.07, 6.45) is 1.40. The highest BCUT2D eigenvalue weighted by Crippen LogP contribution is 2.23. The molecule has 0 aliphatic rings. The zero-order chi connectivity index (χ0) is 18.9. The van der Waals surface area contributed by atoms with Gasteiger partial charge in [-0.25, -0.2) is 9.78 Å². The number of nitrogens with one attached hydrogen (secondary N) is 1. The third kappa shape index (κ3) is 5.65. The molecule has 1 aromatic heterocycles. The molecule has 0 radical (unpaired) electrons. The Hall–Kier alpha value is -3.31. The molecule has 0 aliphatic carbocycles. The van der Waals surface area contributed by atoms with E-state index in [-0.39, 0.29) is 24.5 Å². The summed E-state index contributed by atoms with van der Waals surface area (Å²) >= 11 is 5.72. The van der Waals surface area contributed by atoms with E-state index in [4.69, 9.17) is 21.1 Å². The molecule has 1 heterocycles. The van der Waals surface area contributed by atoms with Crippen LogP contribution in [-0.4, -0.2) is 37.2 Å². The zero-order valence-electron chi connectivity index (χ0n) is 13.7. The van der Waals surface area contributed by atoms with Crippen LogP contribution >= 0.6 is 11.6 Å². The van der Waals surface area contributed by atoms with Gasteiger partial charge in [0, 0.05) is 12.3 Å². The van der Waals surface area contributed by atoms with E-state index in [1.807, 2.05) is 6.07 Å². The number of anilines is 1. The van der Waals surface area contributed by atoms with Crippen molar-refractivity contribution in [2.45, 2.75) is 0 Å². The summed E-state index contributed by atoms with van der Waals surface area (Å²) in [6, 6.07) is 9.46. The first-order chi connectivity index (χ1) is 12.5. The lowest BCUT2D eigenvalue weighted by Crippen LogP contribution is -2.21. The minimum atomic E-state index is -0.545. The zero-order valence-corrected chi connectivity index (χ0v) is 14.4. The molecule has 26 heavy (non-hydrogen) atoms. The van der Waals surface area contributed by atoms with Gasteiger partial charge >= 0.3 is 5.97 Å². The van der Waals surface area contributed by atoms with Crippen molar-refractivity contribution in [3.63, 3.8) is 0 Å². The van der Waals surface area contributed by atoms with Crippen LogP contribution in [0, 0.1) is 11.3 Å². The molecular formula is C17H14ClN3O5. The molecule has 1 aromatic carbocycles. The topological polar surface area (TPSA) is 111 Å². The number of hydrogen-bond acceptors (Lipinski definition) is 7. The molecule has 1 amide bonds. The van der Waals surface area contributed by atoms with E-state index in [0.717, 1.165) is 0 Å². The van der Waals surface area contributed by atoms with Crippen LogP contribution in [0.4, 0.5) is 5.82 Å². The van der Waals surface area contributed by atoms with E-state index in [1.54, 1.807) is 12.1 Å². The predicted octanol–water partition coefficient (Wildman–Crippen LogP) is 2.18. The number of rotatable bonds is 7. The van der Waals surface area contributed by atoms with E-state index >= 15 is 0 Å². The Labute approximate surface area is 154 Å². The largest absolute Gasteiger partial charge is 0.482 e. The second-order valence-electron chi connectivity index (χ2n) is 4.83. The second kappa shape index (κ2) is 9.25. The van der Waals surface area contributed by atoms with Gasteiger partial charge in [-0.2, -0.15) is 5.26 Å². The molecule has 0 atom stereocenters. The Morgan fingerprint density at radius 2 is 2.04 bits per heavy atom. The monoisotopic (exact) mass is 375 g/mol. The quantitative estimate of drug-likeness (QED) is 0.738. The number of nitriles is 1. The van der Waals surface area contributed by atoms with Crippen molar-refractivity contribution in [2.75, 3.05) is 25.6 Å². The van der Waals surface area contributed by atoms with Crippen molar-refractivity contribution in [3.05, 3.63) is 47.1 Å². The minimum absolute atomic E-state index is 0.157. The van der Waals surface area contributed by atoms with Crippen molar-refractivity contribution in [3.8, 4) is 17.6 Å². The fourth-order valence-corrected chi connectivity index (χ4v) is 1.90. The van der Waals surface area contributed by atoms with Gasteiger partial charge < -0.3 is 19.5 Å². The number of esters is 1. The van der Waals surface area contributed by atoms with Crippen LogP contribution in [0.25, 0.3) is 0 Å². The Morgan fingerprint density at radius 1 is 1.23 bits per heavy atom. The molecule has 1 N–H and O–H groups in total. The summed E-state index contributed by atoms with van der Waals surface area (Å²) in [5, 5.41) is 12.2. The fourth-order valence-electron chi connectivity index (χ4n) is 1.79. The van der Waals surface area contributed by atoms with Gasteiger partial charge in [-0.15, -0.1) is 0 Å². The molecule has 2 aromatic rings. The number of halogens is 1. The Morgan fingerprint density at radius 3 is 2.69 bits per heavy atom. The average Bonchev–Trinajstić information content (AvgIpc) is 2.66. The van der Waals surface area contributed by atoms with Crippen molar-refractivity contribution < 1.29 is 23.8 Å². The lowest BCUT2D eigenvalue weighted by atomic mass is 10.2. The summed E-state index contributed by atoms with van der Waals surface area (Å²) in [4.78, 5) is 26.9. The Balaban J connectivity index is 1.93. The molecule has 8 nitrogen and oxygen atoms in total. The summed E-state index contributed by atoms with van der Waals surface area (Å²) in [6.45, 7) is -0.598. The smallest absolute Gasteiger partial charge is 0.343 e. The van der Waals surface area contributed by atoms with Crippen LogP contribution in [0.1, 0.15) is 5.56 Å². The molecule has 0 aliphatic heterocycles. The molecule has 0 unspecified atom stereocenters. The number of ether oxygens (including phenoxy) is 3. The number of aromatic nitrogens is 1. The van der Waals surface area contributed by atoms with Crippen LogP contribution in [0.5, 0.6) is 11.5 Å². The van der Waals surface area contributed by atoms with Gasteiger partial charge in [-0.1, -0.05) is 11.6 Å². The van der Waals surface area contributed by atoms with Crippen LogP contribution in [-0.2, 0) is 14.3 Å². The van der Waals surface area contributed by atoms with Crippen LogP contribution in [0.2, 0.25) is 5.02 Å². The highest BCUT2D eigenvalue weighted by atomic mass is 35.5. The molecule has 0 bridgehead atoms. The molecule has 9 heteroatoms. The van der Waals surface area contributed by atoms with Gasteiger partial charge in [-0.05, 0) is 24.3 Å². The number of benzene rings is 1. The summed E-state index contributed by atoms with van der Waals surface area (Å²) < 4.78 is 15.0. The van der Waals surface area contributed by atoms with Crippen LogP contribution in [0.3, 0.4) is 0 Å². The maximum Gasteiger partial charge on any atom is 0.343 e. The van der Waals surface area contributed by atoms with Crippen molar-refractivity contribution in [1.29, 1.82) is 5.26 Å². The van der Waals surface area contributed by atoms with E-state index in [9.17, 15) is 14.9 Å². The van der Waals surface area contributed by atoms with Crippen LogP contribution in [0.15, 0.2) is 36.5 Å². The first-order valence-electron chi connectivity index (χ1n) is 7.30. The lowest BCUT2D eigenvalue weighted by molar-refractivity contribution is -0.142. The number of nitrogens with zero attached hydrogens (tertiary/aromatic N) is 2. The number of methoxy groups -OCH3 is 1. The molecule has 0 fully saturated rings. The molecule has 0 saturated heterocycles. The highest BCUT2D eigenvalue weighted by molar-refractivity contribution is 6.30. The van der Waals surface area contributed by atoms with Gasteiger partial charge in [0.2, 0.25) is 0 Å². The minimum Gasteiger partial charge on any atom is -0.482 e. The van der Waals surface area contributed by atoms with E-state index in [1.165, 1.54) is 31.5 Å². The molecule has 2 rings (SSSR count). The highest BCUT2D eigenvalue weighted by Gasteiger charge is 2.10. The summed E-state index contributed by atoms with van der Waals surface area (Å²) in [5.74, 6) is -0.160.